The molecule has 7 rings (SSSR count). The number of nitrogens with zero attached hydrogens (tertiary/aromatic N) is 5. The van der Waals surface area contributed by atoms with Crippen molar-refractivity contribution in [2.24, 2.45) is 12.5 Å². The Bertz CT molecular complexity index is 2420. The lowest BCUT2D eigenvalue weighted by Gasteiger charge is -2.41. The van der Waals surface area contributed by atoms with Crippen LogP contribution in [0.5, 0.6) is 5.88 Å². The number of methoxy groups -OCH3 is 1. The number of halogens is 2. The molecule has 1 unspecified atom stereocenters. The van der Waals surface area contributed by atoms with Crippen LogP contribution in [0.15, 0.2) is 59.7 Å². The highest BCUT2D eigenvalue weighted by Crippen LogP contribution is 2.43. The Hall–Kier alpha value is -5.02. The zero-order valence-corrected chi connectivity index (χ0v) is 34.2. The molecule has 1 saturated carbocycles. The minimum atomic E-state index is -0.662. The molecule has 2 atom stereocenters. The van der Waals surface area contributed by atoms with Gasteiger partial charge in [-0.1, -0.05) is 62.2 Å². The number of hydrogen-bond acceptors (Lipinski definition) is 10. The van der Waals surface area contributed by atoms with Crippen molar-refractivity contribution in [3.05, 3.63) is 86.6 Å². The van der Waals surface area contributed by atoms with Crippen LogP contribution in [0.2, 0.25) is 10.0 Å². The van der Waals surface area contributed by atoms with E-state index in [1.54, 1.807) is 36.1 Å². The third kappa shape index (κ3) is 8.36. The second-order valence-corrected chi connectivity index (χ2v) is 16.9. The highest BCUT2D eigenvalue weighted by molar-refractivity contribution is 6.39. The summed E-state index contributed by atoms with van der Waals surface area (Å²) in [6.07, 6.45) is 5.07. The summed E-state index contributed by atoms with van der Waals surface area (Å²) in [6, 6.07) is 12.2. The van der Waals surface area contributed by atoms with Gasteiger partial charge in [0, 0.05) is 59.7 Å². The topological polar surface area (TPSA) is 174 Å². The molecule has 300 valence electrons. The molecule has 1 aliphatic heterocycles. The summed E-state index contributed by atoms with van der Waals surface area (Å²) >= 11 is 14.2. The fourth-order valence-corrected chi connectivity index (χ4v) is 8.16. The summed E-state index contributed by atoms with van der Waals surface area (Å²) in [5.74, 6) is 0.803. The van der Waals surface area contributed by atoms with Gasteiger partial charge in [-0.3, -0.25) is 19.1 Å². The van der Waals surface area contributed by atoms with Crippen molar-refractivity contribution in [1.82, 2.24) is 40.1 Å². The number of aliphatic hydroxyl groups is 1. The maximum atomic E-state index is 13.4. The van der Waals surface area contributed by atoms with Crippen LogP contribution in [-0.4, -0.2) is 72.7 Å². The largest absolute Gasteiger partial charge is 0.481 e. The van der Waals surface area contributed by atoms with Gasteiger partial charge in [-0.2, -0.15) is 5.10 Å². The normalized spacial score (nSPS) is 19.9. The number of aromatic nitrogens is 5. The minimum absolute atomic E-state index is 0.0511. The average molecular weight is 818 g/mol. The van der Waals surface area contributed by atoms with Gasteiger partial charge < -0.3 is 30.5 Å². The molecule has 0 bridgehead atoms. The highest BCUT2D eigenvalue weighted by Gasteiger charge is 2.38. The summed E-state index contributed by atoms with van der Waals surface area (Å²) < 4.78 is 14.3. The number of benzene rings is 1. The standard InChI is InChI=1S/C41H46Cl2N8O6/c1-40(2,3)36(48-39(54)57-21-23-10-13-32(52)46-23)28-11-12-29(47-37(28)56-6)27-9-7-8-25(33(27)42)26-14-15-44-35(34(26)43)22-16-30-38(53)50(5)31(49-51(30)20-22)19-45-24-17-41(4,55)18-24/h7-9,11-12,14-16,20,23-24,36,45,55H,10,13,17-19,21H2,1-6H3,(H,46,52)(H,48,54)/t23-,24?,36?,41?/m0/s1. The molecule has 2 fully saturated rings. The van der Waals surface area contributed by atoms with Crippen molar-refractivity contribution < 1.29 is 24.2 Å². The van der Waals surface area contributed by atoms with Crippen molar-refractivity contribution in [2.45, 2.75) is 83.6 Å². The number of fused-ring (bicyclic) bond motifs is 1. The first-order chi connectivity index (χ1) is 27.0. The van der Waals surface area contributed by atoms with E-state index in [2.05, 4.69) is 20.9 Å². The fourth-order valence-electron chi connectivity index (χ4n) is 7.51. The third-order valence-corrected chi connectivity index (χ3v) is 11.4. The molecule has 0 radical (unpaired) electrons. The van der Waals surface area contributed by atoms with Crippen molar-refractivity contribution >= 4 is 40.7 Å². The van der Waals surface area contributed by atoms with Gasteiger partial charge in [0.25, 0.3) is 5.56 Å². The Morgan fingerprint density at radius 3 is 2.53 bits per heavy atom. The van der Waals surface area contributed by atoms with Gasteiger partial charge >= 0.3 is 6.09 Å². The van der Waals surface area contributed by atoms with E-state index in [-0.39, 0.29) is 30.2 Å². The molecule has 4 N–H and O–H groups in total. The van der Waals surface area contributed by atoms with Crippen LogP contribution < -0.4 is 26.2 Å². The second-order valence-electron chi connectivity index (χ2n) is 16.2. The number of pyridine rings is 2. The number of carbonyl (C=O) groups is 2. The first-order valence-corrected chi connectivity index (χ1v) is 19.5. The Balaban J connectivity index is 1.15. The number of alkyl carbamates (subject to hydrolysis) is 1. The molecular formula is C41H46Cl2N8O6. The van der Waals surface area contributed by atoms with Crippen LogP contribution in [0, 0.1) is 5.41 Å². The van der Waals surface area contributed by atoms with E-state index in [4.69, 9.17) is 42.8 Å². The second kappa shape index (κ2) is 15.7. The number of hydrogen-bond donors (Lipinski definition) is 4. The minimum Gasteiger partial charge on any atom is -0.481 e. The lowest BCUT2D eigenvalue weighted by molar-refractivity contribution is -0.119. The molecule has 1 saturated heterocycles. The van der Waals surface area contributed by atoms with Crippen molar-refractivity contribution in [3.8, 4) is 39.5 Å². The van der Waals surface area contributed by atoms with Crippen LogP contribution in [-0.2, 0) is 23.1 Å². The maximum absolute atomic E-state index is 13.4. The van der Waals surface area contributed by atoms with Crippen LogP contribution >= 0.6 is 23.2 Å². The molecule has 1 aromatic carbocycles. The van der Waals surface area contributed by atoms with Gasteiger partial charge in [0.15, 0.2) is 0 Å². The Morgan fingerprint density at radius 1 is 1.11 bits per heavy atom. The SMILES string of the molecule is COc1nc(-c2cccc(-c3ccnc(-c4cc5c(=O)n(C)c(CNC6CC(C)(O)C6)nn5c4)c3Cl)c2Cl)ccc1C(NC(=O)OC[C@@H]1CCC(=O)N1)C(C)(C)C. The number of carbonyl (C=O) groups excluding carboxylic acids is 2. The fraction of sp³-hybridized carbons (Fsp3) is 0.415. The van der Waals surface area contributed by atoms with Gasteiger partial charge in [0.1, 0.15) is 17.9 Å². The molecule has 14 nitrogen and oxygen atoms in total. The van der Waals surface area contributed by atoms with Gasteiger partial charge in [-0.05, 0) is 55.9 Å². The molecule has 57 heavy (non-hydrogen) atoms. The van der Waals surface area contributed by atoms with Crippen molar-refractivity contribution in [1.29, 1.82) is 0 Å². The predicted octanol–water partition coefficient (Wildman–Crippen LogP) is 6.23. The molecule has 5 aromatic rings. The average Bonchev–Trinajstić information content (AvgIpc) is 3.78. The van der Waals surface area contributed by atoms with Gasteiger partial charge in [0.05, 0.1) is 52.8 Å². The first-order valence-electron chi connectivity index (χ1n) is 18.8. The van der Waals surface area contributed by atoms with E-state index in [1.165, 1.54) is 11.7 Å². The zero-order chi connectivity index (χ0) is 40.8. The first kappa shape index (κ1) is 40.2. The Labute approximate surface area is 339 Å². The zero-order valence-electron chi connectivity index (χ0n) is 32.7. The quantitative estimate of drug-likeness (QED) is 0.120. The van der Waals surface area contributed by atoms with Crippen molar-refractivity contribution in [3.63, 3.8) is 0 Å². The number of nitrogens with one attached hydrogen (secondary N) is 3. The van der Waals surface area contributed by atoms with Crippen LogP contribution in [0.4, 0.5) is 4.79 Å². The van der Waals surface area contributed by atoms with Gasteiger partial charge in [0.2, 0.25) is 11.8 Å². The van der Waals surface area contributed by atoms with E-state index < -0.39 is 23.2 Å². The summed E-state index contributed by atoms with van der Waals surface area (Å²) in [4.78, 5) is 47.4. The van der Waals surface area contributed by atoms with Gasteiger partial charge in [-0.15, -0.1) is 0 Å². The number of rotatable bonds is 11. The molecule has 4 aromatic heterocycles. The monoisotopic (exact) mass is 816 g/mol. The number of amides is 2. The van der Waals surface area contributed by atoms with Crippen LogP contribution in [0.1, 0.15) is 70.8 Å². The molecular weight excluding hydrogens is 771 g/mol. The van der Waals surface area contributed by atoms with Crippen LogP contribution in [0.25, 0.3) is 39.2 Å². The van der Waals surface area contributed by atoms with E-state index in [1.807, 2.05) is 58.0 Å². The van der Waals surface area contributed by atoms with Crippen molar-refractivity contribution in [2.75, 3.05) is 13.7 Å². The van der Waals surface area contributed by atoms with E-state index >= 15 is 0 Å². The van der Waals surface area contributed by atoms with Crippen LogP contribution in [0.3, 0.4) is 0 Å². The Kier molecular flexibility index (Phi) is 11.1. The molecule has 1 aliphatic carbocycles. The smallest absolute Gasteiger partial charge is 0.407 e. The summed E-state index contributed by atoms with van der Waals surface area (Å²) in [7, 11) is 3.20. The molecule has 2 aliphatic rings. The molecule has 16 heteroatoms. The van der Waals surface area contributed by atoms with E-state index in [0.717, 1.165) is 0 Å². The predicted molar refractivity (Wildman–Crippen MR) is 217 cm³/mol. The van der Waals surface area contributed by atoms with E-state index in [9.17, 15) is 19.5 Å². The summed E-state index contributed by atoms with van der Waals surface area (Å²) in [5.41, 5.74) is 3.17. The summed E-state index contributed by atoms with van der Waals surface area (Å²) in [6.45, 7) is 8.22. The van der Waals surface area contributed by atoms with Gasteiger partial charge in [-0.25, -0.2) is 14.3 Å². The highest BCUT2D eigenvalue weighted by atomic mass is 35.5. The maximum Gasteiger partial charge on any atom is 0.407 e. The van der Waals surface area contributed by atoms with E-state index in [0.29, 0.717) is 98.7 Å². The molecule has 2 amide bonds. The lowest BCUT2D eigenvalue weighted by Crippen LogP contribution is -2.51. The molecule has 0 spiro atoms. The Morgan fingerprint density at radius 2 is 1.84 bits per heavy atom. The number of ether oxygens (including phenoxy) is 2. The summed E-state index contributed by atoms with van der Waals surface area (Å²) in [5, 5.41) is 24.7. The lowest BCUT2D eigenvalue weighted by atomic mass is 9.77. The molecule has 5 heterocycles. The third-order valence-electron chi connectivity index (χ3n) is 10.6.